The molecule has 1 saturated heterocycles. The van der Waals surface area contributed by atoms with Crippen LogP contribution in [0.3, 0.4) is 0 Å². The number of allylic oxidation sites excluding steroid dienone is 1. The van der Waals surface area contributed by atoms with Gasteiger partial charge in [0.05, 0.1) is 11.6 Å². The van der Waals surface area contributed by atoms with Crippen LogP contribution in [0.2, 0.25) is 0 Å². The van der Waals surface area contributed by atoms with Crippen molar-refractivity contribution < 1.29 is 9.18 Å². The summed E-state index contributed by atoms with van der Waals surface area (Å²) in [5, 5.41) is 3.37. The SMILES string of the molecule is C/C=C\N=CC1=CC(=O)N2CCC3(CC12)N=C(N)c1c(F)cccc1N3. The second kappa shape index (κ2) is 6.09. The molecule has 7 heteroatoms. The van der Waals surface area contributed by atoms with Crippen LogP contribution in [0.4, 0.5) is 10.1 Å². The molecule has 0 bridgehead atoms. The highest BCUT2D eigenvalue weighted by Gasteiger charge is 2.46. The van der Waals surface area contributed by atoms with Gasteiger partial charge in [-0.05, 0) is 24.6 Å². The smallest absolute Gasteiger partial charge is 0.247 e. The zero-order valence-corrected chi connectivity index (χ0v) is 14.4. The van der Waals surface area contributed by atoms with Gasteiger partial charge in [-0.2, -0.15) is 0 Å². The summed E-state index contributed by atoms with van der Waals surface area (Å²) in [6.45, 7) is 2.43. The predicted molar refractivity (Wildman–Crippen MR) is 99.6 cm³/mol. The fourth-order valence-electron chi connectivity index (χ4n) is 3.88. The molecule has 0 saturated carbocycles. The third kappa shape index (κ3) is 2.60. The third-order valence-electron chi connectivity index (χ3n) is 5.06. The molecule has 0 aliphatic carbocycles. The first kappa shape index (κ1) is 16.5. The Kier molecular flexibility index (Phi) is 3.86. The Labute approximate surface area is 151 Å². The third-order valence-corrected chi connectivity index (χ3v) is 5.06. The first-order valence-corrected chi connectivity index (χ1v) is 8.62. The molecule has 3 aliphatic heterocycles. The maximum Gasteiger partial charge on any atom is 0.247 e. The lowest BCUT2D eigenvalue weighted by molar-refractivity contribution is -0.127. The number of piperidine rings is 1. The van der Waals surface area contributed by atoms with Gasteiger partial charge in [0.2, 0.25) is 5.91 Å². The molecule has 134 valence electrons. The van der Waals surface area contributed by atoms with Crippen LogP contribution in [0, 0.1) is 5.82 Å². The molecule has 3 N–H and O–H groups in total. The molecule has 26 heavy (non-hydrogen) atoms. The van der Waals surface area contributed by atoms with E-state index >= 15 is 0 Å². The number of amides is 1. The summed E-state index contributed by atoms with van der Waals surface area (Å²) in [4.78, 5) is 22.9. The Bertz CT molecular complexity index is 888. The van der Waals surface area contributed by atoms with Gasteiger partial charge in [0.25, 0.3) is 0 Å². The Morgan fingerprint density at radius 2 is 2.35 bits per heavy atom. The molecule has 6 nitrogen and oxygen atoms in total. The first-order valence-electron chi connectivity index (χ1n) is 8.62. The molecule has 1 aromatic rings. The minimum absolute atomic E-state index is 0.00835. The molecule has 1 spiro atoms. The number of carbonyl (C=O) groups is 1. The number of carbonyl (C=O) groups excluding carboxylic acids is 1. The van der Waals surface area contributed by atoms with E-state index in [0.717, 1.165) is 5.57 Å². The molecule has 3 aliphatic rings. The zero-order chi connectivity index (χ0) is 18.3. The lowest BCUT2D eigenvalue weighted by Crippen LogP contribution is -2.55. The molecular formula is C19H20FN5O. The lowest BCUT2D eigenvalue weighted by atomic mass is 9.87. The lowest BCUT2D eigenvalue weighted by Gasteiger charge is -2.45. The predicted octanol–water partition coefficient (Wildman–Crippen LogP) is 2.19. The van der Waals surface area contributed by atoms with Gasteiger partial charge in [-0.25, -0.2) is 9.38 Å². The number of amidine groups is 1. The molecule has 4 rings (SSSR count). The number of anilines is 1. The molecule has 1 aromatic carbocycles. The second-order valence-corrected chi connectivity index (χ2v) is 6.72. The summed E-state index contributed by atoms with van der Waals surface area (Å²) >= 11 is 0. The van der Waals surface area contributed by atoms with Crippen molar-refractivity contribution in [3.63, 3.8) is 0 Å². The van der Waals surface area contributed by atoms with Gasteiger partial charge in [0.1, 0.15) is 17.3 Å². The van der Waals surface area contributed by atoms with E-state index < -0.39 is 11.5 Å². The van der Waals surface area contributed by atoms with Crippen molar-refractivity contribution in [2.45, 2.75) is 31.5 Å². The van der Waals surface area contributed by atoms with Crippen molar-refractivity contribution in [2.75, 3.05) is 11.9 Å². The van der Waals surface area contributed by atoms with Gasteiger partial charge in [0.15, 0.2) is 0 Å². The molecule has 2 atom stereocenters. The second-order valence-electron chi connectivity index (χ2n) is 6.72. The van der Waals surface area contributed by atoms with Crippen LogP contribution in [0.15, 0.2) is 52.1 Å². The Morgan fingerprint density at radius 1 is 1.50 bits per heavy atom. The van der Waals surface area contributed by atoms with E-state index in [9.17, 15) is 9.18 Å². The number of halogens is 1. The van der Waals surface area contributed by atoms with E-state index in [4.69, 9.17) is 5.73 Å². The number of fused-ring (bicyclic) bond motifs is 2. The number of nitrogens with one attached hydrogen (secondary N) is 1. The summed E-state index contributed by atoms with van der Waals surface area (Å²) in [6, 6.07) is 4.71. The maximum atomic E-state index is 14.1. The zero-order valence-electron chi connectivity index (χ0n) is 14.4. The van der Waals surface area contributed by atoms with E-state index in [1.165, 1.54) is 6.07 Å². The molecule has 3 heterocycles. The number of hydrogen-bond donors (Lipinski definition) is 2. The molecule has 2 unspecified atom stereocenters. The monoisotopic (exact) mass is 353 g/mol. The number of nitrogens with zero attached hydrogens (tertiary/aromatic N) is 3. The normalized spacial score (nSPS) is 27.5. The van der Waals surface area contributed by atoms with Gasteiger partial charge in [-0.3, -0.25) is 9.79 Å². The van der Waals surface area contributed by atoms with Crippen LogP contribution >= 0.6 is 0 Å². The molecule has 1 amide bonds. The Hall–Kier alpha value is -2.96. The van der Waals surface area contributed by atoms with Crippen LogP contribution in [0.1, 0.15) is 25.3 Å². The topological polar surface area (TPSA) is 83.1 Å². The Balaban J connectivity index is 1.66. The molecular weight excluding hydrogens is 333 g/mol. The number of nitrogens with two attached hydrogens (primary N) is 1. The first-order chi connectivity index (χ1) is 12.5. The fourth-order valence-corrected chi connectivity index (χ4v) is 3.88. The van der Waals surface area contributed by atoms with E-state index in [0.29, 0.717) is 30.6 Å². The van der Waals surface area contributed by atoms with E-state index in [-0.39, 0.29) is 17.8 Å². The van der Waals surface area contributed by atoms with Gasteiger partial charge in [-0.1, -0.05) is 12.1 Å². The Morgan fingerprint density at radius 3 is 3.15 bits per heavy atom. The number of benzene rings is 1. The molecule has 1 fully saturated rings. The highest BCUT2D eigenvalue weighted by molar-refractivity contribution is 6.05. The summed E-state index contributed by atoms with van der Waals surface area (Å²) in [5.41, 5.74) is 7.25. The van der Waals surface area contributed by atoms with E-state index in [1.807, 2.05) is 17.9 Å². The number of aliphatic imine (C=N–C) groups is 2. The minimum Gasteiger partial charge on any atom is -0.383 e. The van der Waals surface area contributed by atoms with Gasteiger partial charge in [-0.15, -0.1) is 0 Å². The van der Waals surface area contributed by atoms with Gasteiger partial charge < -0.3 is 16.0 Å². The number of hydrogen-bond acceptors (Lipinski definition) is 5. The van der Waals surface area contributed by atoms with Gasteiger partial charge >= 0.3 is 0 Å². The molecule has 0 radical (unpaired) electrons. The van der Waals surface area contributed by atoms with Crippen molar-refractivity contribution >= 4 is 23.6 Å². The average Bonchev–Trinajstić information content (AvgIpc) is 2.90. The largest absolute Gasteiger partial charge is 0.383 e. The van der Waals surface area contributed by atoms with Crippen LogP contribution in [-0.2, 0) is 4.79 Å². The van der Waals surface area contributed by atoms with Crippen molar-refractivity contribution in [2.24, 2.45) is 15.7 Å². The standard InChI is InChI=1S/C19H20FN5O/c1-2-7-22-11-12-9-16(26)25-8-6-19(10-15(12)25)23-14-5-3-4-13(20)17(14)18(21)24-19/h2-5,7,9,11,15,23H,6,8,10H2,1H3,(H2,21,24)/b7-2-,22-11?. The van der Waals surface area contributed by atoms with Crippen LogP contribution in [0.5, 0.6) is 0 Å². The van der Waals surface area contributed by atoms with Crippen molar-refractivity contribution in [3.05, 3.63) is 53.5 Å². The van der Waals surface area contributed by atoms with Crippen LogP contribution in [-0.4, -0.2) is 41.1 Å². The fraction of sp³-hybridized carbons (Fsp3) is 0.316. The maximum absolute atomic E-state index is 14.1. The minimum atomic E-state index is -0.649. The van der Waals surface area contributed by atoms with E-state index in [2.05, 4.69) is 15.3 Å². The summed E-state index contributed by atoms with van der Waals surface area (Å²) in [5.74, 6) is -0.202. The molecule has 0 aromatic heterocycles. The summed E-state index contributed by atoms with van der Waals surface area (Å²) < 4.78 is 14.1. The van der Waals surface area contributed by atoms with Gasteiger partial charge in [0, 0.05) is 43.6 Å². The summed E-state index contributed by atoms with van der Waals surface area (Å²) in [7, 11) is 0. The van der Waals surface area contributed by atoms with E-state index in [1.54, 1.807) is 30.6 Å². The highest BCUT2D eigenvalue weighted by Crippen LogP contribution is 2.40. The van der Waals surface area contributed by atoms with Crippen molar-refractivity contribution in [1.82, 2.24) is 4.90 Å². The average molecular weight is 353 g/mol. The van der Waals surface area contributed by atoms with Crippen LogP contribution < -0.4 is 11.1 Å². The summed E-state index contributed by atoms with van der Waals surface area (Å²) in [6.07, 6.45) is 8.02. The van der Waals surface area contributed by atoms with Crippen molar-refractivity contribution in [3.8, 4) is 0 Å². The number of rotatable bonds is 2. The highest BCUT2D eigenvalue weighted by atomic mass is 19.1. The van der Waals surface area contributed by atoms with Crippen molar-refractivity contribution in [1.29, 1.82) is 0 Å². The van der Waals surface area contributed by atoms with Crippen LogP contribution in [0.25, 0.3) is 0 Å². The quantitative estimate of drug-likeness (QED) is 0.800.